The fourth-order valence-corrected chi connectivity index (χ4v) is 2.62. The summed E-state index contributed by atoms with van der Waals surface area (Å²) in [6, 6.07) is 0. The molecular weight excluding hydrogens is 236 g/mol. The minimum atomic E-state index is -0.0630. The smallest absolute Gasteiger partial charge is 0.270 e. The predicted molar refractivity (Wildman–Crippen MR) is 67.2 cm³/mol. The quantitative estimate of drug-likeness (QED) is 0.845. The van der Waals surface area contributed by atoms with Gasteiger partial charge in [-0.25, -0.2) is 4.98 Å². The van der Waals surface area contributed by atoms with E-state index in [4.69, 9.17) is 4.74 Å². The summed E-state index contributed by atoms with van der Waals surface area (Å²) in [5.41, 5.74) is 2.20. The Morgan fingerprint density at radius 2 is 2.47 bits per heavy atom. The van der Waals surface area contributed by atoms with Crippen LogP contribution in [-0.2, 0) is 4.74 Å². The van der Waals surface area contributed by atoms with Crippen LogP contribution >= 0.6 is 11.3 Å². The second kappa shape index (κ2) is 6.12. The lowest BCUT2D eigenvalue weighted by Gasteiger charge is -2.34. The Morgan fingerprint density at radius 1 is 1.65 bits per heavy atom. The van der Waals surface area contributed by atoms with Gasteiger partial charge in [-0.1, -0.05) is 0 Å². The van der Waals surface area contributed by atoms with Gasteiger partial charge in [-0.15, -0.1) is 11.3 Å². The zero-order valence-corrected chi connectivity index (χ0v) is 10.8. The minimum absolute atomic E-state index is 0.0630. The highest BCUT2D eigenvalue weighted by Gasteiger charge is 2.28. The zero-order chi connectivity index (χ0) is 12.1. The first-order chi connectivity index (χ1) is 8.29. The molecule has 17 heavy (non-hydrogen) atoms. The van der Waals surface area contributed by atoms with Crippen LogP contribution in [0.5, 0.6) is 0 Å². The lowest BCUT2D eigenvalue weighted by atomic mass is 9.80. The first-order valence-corrected chi connectivity index (χ1v) is 7.02. The summed E-state index contributed by atoms with van der Waals surface area (Å²) in [4.78, 5) is 15.5. The molecule has 4 nitrogen and oxygen atoms in total. The highest BCUT2D eigenvalue weighted by Crippen LogP contribution is 2.32. The molecule has 1 aromatic rings. The number of hydrogen-bond donors (Lipinski definition) is 1. The van der Waals surface area contributed by atoms with Crippen LogP contribution in [-0.4, -0.2) is 30.1 Å². The number of hydrogen-bond acceptors (Lipinski definition) is 4. The third-order valence-corrected chi connectivity index (χ3v) is 3.68. The van der Waals surface area contributed by atoms with Crippen LogP contribution in [0, 0.1) is 5.92 Å². The average Bonchev–Trinajstić information content (AvgIpc) is 2.78. The maximum absolute atomic E-state index is 11.6. The van der Waals surface area contributed by atoms with Crippen molar-refractivity contribution < 1.29 is 9.53 Å². The minimum Gasteiger partial charge on any atom is -0.378 e. The van der Waals surface area contributed by atoms with Gasteiger partial charge in [-0.05, 0) is 32.1 Å². The standard InChI is InChI=1S/C12H18N2O2S/c1-2-16-10-5-9(6-10)3-4-13-12(15)11-7-17-8-14-11/h7-10H,2-6H2,1H3,(H,13,15). The first kappa shape index (κ1) is 12.5. The van der Waals surface area contributed by atoms with Gasteiger partial charge in [0, 0.05) is 18.5 Å². The Balaban J connectivity index is 1.57. The van der Waals surface area contributed by atoms with Crippen LogP contribution in [0.25, 0.3) is 0 Å². The summed E-state index contributed by atoms with van der Waals surface area (Å²) < 4.78 is 5.50. The molecule has 5 heteroatoms. The molecule has 0 spiro atoms. The lowest BCUT2D eigenvalue weighted by molar-refractivity contribution is -0.0261. The third kappa shape index (κ3) is 3.51. The molecule has 1 N–H and O–H groups in total. The van der Waals surface area contributed by atoms with Gasteiger partial charge >= 0.3 is 0 Å². The monoisotopic (exact) mass is 254 g/mol. The van der Waals surface area contributed by atoms with Crippen LogP contribution in [0.1, 0.15) is 36.7 Å². The van der Waals surface area contributed by atoms with E-state index in [1.807, 2.05) is 6.92 Å². The van der Waals surface area contributed by atoms with Crippen molar-refractivity contribution in [2.45, 2.75) is 32.3 Å². The molecule has 2 rings (SSSR count). The van der Waals surface area contributed by atoms with Gasteiger partial charge in [-0.2, -0.15) is 0 Å². The predicted octanol–water partition coefficient (Wildman–Crippen LogP) is 2.08. The number of ether oxygens (including phenoxy) is 1. The fourth-order valence-electron chi connectivity index (χ4n) is 2.09. The molecule has 0 aliphatic heterocycles. The Labute approximate surface area is 105 Å². The molecule has 1 fully saturated rings. The Morgan fingerprint density at radius 3 is 3.12 bits per heavy atom. The Bertz CT molecular complexity index is 347. The molecule has 1 saturated carbocycles. The van der Waals surface area contributed by atoms with E-state index in [0.29, 0.717) is 17.7 Å². The second-order valence-corrected chi connectivity index (χ2v) is 5.05. The van der Waals surface area contributed by atoms with Gasteiger partial charge in [0.25, 0.3) is 5.91 Å². The molecule has 0 radical (unpaired) electrons. The van der Waals surface area contributed by atoms with E-state index in [1.165, 1.54) is 11.3 Å². The first-order valence-electron chi connectivity index (χ1n) is 6.07. The Kier molecular flexibility index (Phi) is 4.50. The highest BCUT2D eigenvalue weighted by molar-refractivity contribution is 7.07. The van der Waals surface area contributed by atoms with Gasteiger partial charge in [0.2, 0.25) is 0 Å². The molecular formula is C12H18N2O2S. The van der Waals surface area contributed by atoms with E-state index in [9.17, 15) is 4.79 Å². The van der Waals surface area contributed by atoms with Crippen molar-refractivity contribution in [2.75, 3.05) is 13.2 Å². The molecule has 0 saturated heterocycles. The molecule has 0 atom stereocenters. The number of nitrogens with zero attached hydrogens (tertiary/aromatic N) is 1. The summed E-state index contributed by atoms with van der Waals surface area (Å²) in [5, 5.41) is 4.66. The summed E-state index contributed by atoms with van der Waals surface area (Å²) in [6.45, 7) is 3.57. The van der Waals surface area contributed by atoms with Crippen LogP contribution in [0.3, 0.4) is 0 Å². The van der Waals surface area contributed by atoms with Gasteiger partial charge in [0.1, 0.15) is 5.69 Å². The van der Waals surface area contributed by atoms with E-state index in [1.54, 1.807) is 10.9 Å². The maximum atomic E-state index is 11.6. The number of amides is 1. The van der Waals surface area contributed by atoms with Crippen LogP contribution in [0.2, 0.25) is 0 Å². The van der Waals surface area contributed by atoms with Crippen LogP contribution in [0.4, 0.5) is 0 Å². The van der Waals surface area contributed by atoms with Crippen LogP contribution in [0.15, 0.2) is 10.9 Å². The molecule has 1 amide bonds. The van der Waals surface area contributed by atoms with Crippen molar-refractivity contribution in [3.05, 3.63) is 16.6 Å². The van der Waals surface area contributed by atoms with Crippen molar-refractivity contribution >= 4 is 17.2 Å². The second-order valence-electron chi connectivity index (χ2n) is 4.33. The van der Waals surface area contributed by atoms with E-state index in [2.05, 4.69) is 10.3 Å². The van der Waals surface area contributed by atoms with E-state index >= 15 is 0 Å². The summed E-state index contributed by atoms with van der Waals surface area (Å²) >= 11 is 1.44. The molecule has 0 aromatic carbocycles. The molecule has 1 aliphatic rings. The number of rotatable bonds is 6. The van der Waals surface area contributed by atoms with E-state index in [0.717, 1.165) is 32.4 Å². The number of carbonyl (C=O) groups is 1. The van der Waals surface area contributed by atoms with Crippen molar-refractivity contribution in [2.24, 2.45) is 5.92 Å². The van der Waals surface area contributed by atoms with E-state index < -0.39 is 0 Å². The number of aromatic nitrogens is 1. The SMILES string of the molecule is CCOC1CC(CCNC(=O)c2cscn2)C1. The van der Waals surface area contributed by atoms with Crippen molar-refractivity contribution in [3.63, 3.8) is 0 Å². The highest BCUT2D eigenvalue weighted by atomic mass is 32.1. The zero-order valence-electron chi connectivity index (χ0n) is 10.0. The topological polar surface area (TPSA) is 51.2 Å². The molecule has 1 aromatic heterocycles. The van der Waals surface area contributed by atoms with Crippen molar-refractivity contribution in [1.82, 2.24) is 10.3 Å². The van der Waals surface area contributed by atoms with Crippen molar-refractivity contribution in [3.8, 4) is 0 Å². The van der Waals surface area contributed by atoms with Crippen LogP contribution < -0.4 is 5.32 Å². The van der Waals surface area contributed by atoms with E-state index in [-0.39, 0.29) is 5.91 Å². The number of thiazole rings is 1. The van der Waals surface area contributed by atoms with Gasteiger partial charge < -0.3 is 10.1 Å². The largest absolute Gasteiger partial charge is 0.378 e. The van der Waals surface area contributed by atoms with Gasteiger partial charge in [-0.3, -0.25) is 4.79 Å². The fraction of sp³-hybridized carbons (Fsp3) is 0.667. The molecule has 94 valence electrons. The number of carbonyl (C=O) groups excluding carboxylic acids is 1. The molecule has 0 bridgehead atoms. The normalized spacial score (nSPS) is 23.1. The number of nitrogens with one attached hydrogen (secondary N) is 1. The lowest BCUT2D eigenvalue weighted by Crippen LogP contribution is -2.34. The molecule has 1 heterocycles. The maximum Gasteiger partial charge on any atom is 0.270 e. The van der Waals surface area contributed by atoms with Gasteiger partial charge in [0.05, 0.1) is 11.6 Å². The molecule has 0 unspecified atom stereocenters. The summed E-state index contributed by atoms with van der Waals surface area (Å²) in [6.07, 6.45) is 3.78. The Hall–Kier alpha value is -0.940. The summed E-state index contributed by atoms with van der Waals surface area (Å²) in [7, 11) is 0. The molecule has 1 aliphatic carbocycles. The third-order valence-electron chi connectivity index (χ3n) is 3.10. The summed E-state index contributed by atoms with van der Waals surface area (Å²) in [5.74, 6) is 0.647. The van der Waals surface area contributed by atoms with Gasteiger partial charge in [0.15, 0.2) is 0 Å². The van der Waals surface area contributed by atoms with Crippen molar-refractivity contribution in [1.29, 1.82) is 0 Å². The average molecular weight is 254 g/mol.